The van der Waals surface area contributed by atoms with Crippen LogP contribution in [0.2, 0.25) is 0 Å². The molecule has 0 atom stereocenters. The average Bonchev–Trinajstić information content (AvgIpc) is 3.61. The van der Waals surface area contributed by atoms with Crippen molar-refractivity contribution in [2.24, 2.45) is 5.92 Å². The lowest BCUT2D eigenvalue weighted by Crippen LogP contribution is -2.24. The fourth-order valence-electron chi connectivity index (χ4n) is 4.47. The van der Waals surface area contributed by atoms with Crippen molar-refractivity contribution in [1.29, 1.82) is 0 Å². The van der Waals surface area contributed by atoms with E-state index >= 15 is 8.78 Å². The van der Waals surface area contributed by atoms with Crippen molar-refractivity contribution in [1.82, 2.24) is 14.5 Å². The van der Waals surface area contributed by atoms with E-state index in [1.54, 1.807) is 13.1 Å². The molecular weight excluding hydrogens is 551 g/mol. The number of nitrogens with one attached hydrogen (secondary N) is 2. The van der Waals surface area contributed by atoms with Gasteiger partial charge in [0.1, 0.15) is 22.3 Å². The topological polar surface area (TPSA) is 106 Å². The minimum Gasteiger partial charge on any atom is -0.373 e. The third kappa shape index (κ3) is 4.51. The van der Waals surface area contributed by atoms with Crippen molar-refractivity contribution in [3.05, 3.63) is 75.9 Å². The van der Waals surface area contributed by atoms with Gasteiger partial charge in [0.25, 0.3) is 15.6 Å². The van der Waals surface area contributed by atoms with Gasteiger partial charge in [0, 0.05) is 37.3 Å². The molecule has 0 amide bonds. The Labute approximate surface area is 224 Å². The van der Waals surface area contributed by atoms with E-state index in [1.807, 2.05) is 4.72 Å². The maximum atomic E-state index is 15.8. The molecule has 1 saturated carbocycles. The van der Waals surface area contributed by atoms with Crippen LogP contribution >= 0.6 is 11.3 Å². The molecule has 6 rings (SSSR count). The van der Waals surface area contributed by atoms with Crippen LogP contribution in [0.3, 0.4) is 0 Å². The number of sulfonamides is 1. The van der Waals surface area contributed by atoms with Gasteiger partial charge in [-0.2, -0.15) is 0 Å². The first-order chi connectivity index (χ1) is 18.7. The number of anilines is 2. The zero-order valence-electron chi connectivity index (χ0n) is 20.3. The molecule has 0 saturated heterocycles. The Hall–Kier alpha value is -3.97. The molecule has 13 heteroatoms. The van der Waals surface area contributed by atoms with Crippen molar-refractivity contribution in [3.8, 4) is 11.1 Å². The molecule has 39 heavy (non-hydrogen) atoms. The van der Waals surface area contributed by atoms with Gasteiger partial charge in [-0.25, -0.2) is 31.6 Å². The number of aromatic nitrogens is 3. The van der Waals surface area contributed by atoms with Crippen LogP contribution in [0.4, 0.5) is 24.7 Å². The highest BCUT2D eigenvalue weighted by Gasteiger charge is 2.28. The summed E-state index contributed by atoms with van der Waals surface area (Å²) in [5.74, 6) is -2.63. The Morgan fingerprint density at radius 1 is 1.08 bits per heavy atom. The zero-order chi connectivity index (χ0) is 27.5. The second-order valence-corrected chi connectivity index (χ2v) is 11.8. The summed E-state index contributed by atoms with van der Waals surface area (Å²) in [5, 5.41) is 3.39. The minimum atomic E-state index is -4.62. The van der Waals surface area contributed by atoms with E-state index in [2.05, 4.69) is 15.3 Å². The molecule has 3 aromatic heterocycles. The average molecular weight is 572 g/mol. The van der Waals surface area contributed by atoms with Gasteiger partial charge >= 0.3 is 0 Å². The van der Waals surface area contributed by atoms with Gasteiger partial charge in [0.15, 0.2) is 5.82 Å². The highest BCUT2D eigenvalue weighted by atomic mass is 32.2. The fraction of sp³-hybridized carbons (Fsp3) is 0.192. The number of thiazole rings is 1. The van der Waals surface area contributed by atoms with Crippen molar-refractivity contribution < 1.29 is 21.6 Å². The van der Waals surface area contributed by atoms with E-state index in [4.69, 9.17) is 0 Å². The Morgan fingerprint density at radius 2 is 1.87 bits per heavy atom. The van der Waals surface area contributed by atoms with Gasteiger partial charge in [-0.3, -0.25) is 9.52 Å². The van der Waals surface area contributed by atoms with E-state index in [-0.39, 0.29) is 17.0 Å². The molecule has 3 heterocycles. The molecule has 0 spiro atoms. The van der Waals surface area contributed by atoms with E-state index in [1.165, 1.54) is 22.3 Å². The number of fused-ring (bicyclic) bond motifs is 2. The summed E-state index contributed by atoms with van der Waals surface area (Å²) in [6.45, 7) is 0.366. The molecule has 8 nitrogen and oxygen atoms in total. The molecule has 0 bridgehead atoms. The third-order valence-corrected chi connectivity index (χ3v) is 8.82. The van der Waals surface area contributed by atoms with Gasteiger partial charge in [0.05, 0.1) is 38.1 Å². The first-order valence-corrected chi connectivity index (χ1v) is 14.3. The summed E-state index contributed by atoms with van der Waals surface area (Å²) in [7, 11) is -2.94. The number of hydrogen-bond acceptors (Lipinski definition) is 7. The smallest absolute Gasteiger partial charge is 0.264 e. The van der Waals surface area contributed by atoms with Crippen LogP contribution in [0.5, 0.6) is 0 Å². The van der Waals surface area contributed by atoms with E-state index in [0.717, 1.165) is 48.4 Å². The molecular formula is C26H20F3N5O3S2. The molecule has 0 radical (unpaired) electrons. The second kappa shape index (κ2) is 9.35. The zero-order valence-corrected chi connectivity index (χ0v) is 22.0. The van der Waals surface area contributed by atoms with Crippen LogP contribution in [0.1, 0.15) is 12.8 Å². The number of hydrogen-bond donors (Lipinski definition) is 2. The van der Waals surface area contributed by atoms with Crippen molar-refractivity contribution >= 4 is 54.0 Å². The maximum Gasteiger partial charge on any atom is 0.264 e. The first kappa shape index (κ1) is 25.3. The largest absolute Gasteiger partial charge is 0.373 e. The molecule has 2 aromatic carbocycles. The predicted octanol–water partition coefficient (Wildman–Crippen LogP) is 5.34. The molecule has 1 aliphatic carbocycles. The lowest BCUT2D eigenvalue weighted by atomic mass is 10.0. The van der Waals surface area contributed by atoms with E-state index < -0.39 is 49.2 Å². The van der Waals surface area contributed by atoms with Crippen LogP contribution in [-0.4, -0.2) is 30.0 Å². The fourth-order valence-corrected chi connectivity index (χ4v) is 6.39. The quantitative estimate of drug-likeness (QED) is 0.273. The highest BCUT2D eigenvalue weighted by molar-refractivity contribution is 7.92. The summed E-state index contributed by atoms with van der Waals surface area (Å²) in [6.07, 6.45) is 3.37. The Balaban J connectivity index is 1.48. The van der Waals surface area contributed by atoms with Crippen LogP contribution in [0.25, 0.3) is 32.2 Å². The van der Waals surface area contributed by atoms with Crippen LogP contribution < -0.4 is 15.6 Å². The number of rotatable bonds is 7. The summed E-state index contributed by atoms with van der Waals surface area (Å²) in [4.78, 5) is 21.1. The van der Waals surface area contributed by atoms with Gasteiger partial charge in [-0.05, 0) is 43.0 Å². The monoisotopic (exact) mass is 571 g/mol. The molecule has 2 N–H and O–H groups in total. The van der Waals surface area contributed by atoms with Crippen molar-refractivity contribution in [3.63, 3.8) is 0 Å². The van der Waals surface area contributed by atoms with Gasteiger partial charge in [-0.1, -0.05) is 0 Å². The Bertz CT molecular complexity index is 1950. The van der Waals surface area contributed by atoms with Crippen LogP contribution in [0.15, 0.2) is 57.8 Å². The van der Waals surface area contributed by atoms with Gasteiger partial charge in [-0.15, -0.1) is 11.3 Å². The van der Waals surface area contributed by atoms with E-state index in [0.29, 0.717) is 28.0 Å². The number of nitrogens with zero attached hydrogens (tertiary/aromatic N) is 3. The SMILES string of the molecule is CNc1cc2c(cn1)cc(-c1c(F)ccc(NS(=O)(=O)c3cc4scnc4cc3F)c1F)c(=O)n2CC1CC1. The third-order valence-electron chi connectivity index (χ3n) is 6.65. The molecule has 1 fully saturated rings. The summed E-state index contributed by atoms with van der Waals surface area (Å²) in [6, 6.07) is 6.84. The lowest BCUT2D eigenvalue weighted by molar-refractivity contribution is 0.569. The van der Waals surface area contributed by atoms with Gasteiger partial charge in [0.2, 0.25) is 0 Å². The molecule has 200 valence electrons. The normalized spacial score (nSPS) is 13.7. The number of benzene rings is 2. The Morgan fingerprint density at radius 3 is 2.62 bits per heavy atom. The van der Waals surface area contributed by atoms with Crippen molar-refractivity contribution in [2.75, 3.05) is 17.1 Å². The number of pyridine rings is 2. The maximum absolute atomic E-state index is 15.8. The van der Waals surface area contributed by atoms with Crippen LogP contribution in [-0.2, 0) is 16.6 Å². The van der Waals surface area contributed by atoms with Crippen LogP contribution in [0, 0.1) is 23.4 Å². The highest BCUT2D eigenvalue weighted by Crippen LogP contribution is 2.35. The number of halogens is 3. The summed E-state index contributed by atoms with van der Waals surface area (Å²) < 4.78 is 75.6. The lowest BCUT2D eigenvalue weighted by Gasteiger charge is -2.16. The first-order valence-electron chi connectivity index (χ1n) is 11.9. The van der Waals surface area contributed by atoms with E-state index in [9.17, 15) is 17.6 Å². The molecule has 1 aliphatic rings. The second-order valence-electron chi connectivity index (χ2n) is 9.29. The molecule has 5 aromatic rings. The summed E-state index contributed by atoms with van der Waals surface area (Å²) >= 11 is 1.11. The minimum absolute atomic E-state index is 0.269. The van der Waals surface area contributed by atoms with Crippen molar-refractivity contribution in [2.45, 2.75) is 24.3 Å². The Kier molecular flexibility index (Phi) is 6.07. The molecule has 0 aliphatic heterocycles. The predicted molar refractivity (Wildman–Crippen MR) is 144 cm³/mol. The summed E-state index contributed by atoms with van der Waals surface area (Å²) in [5.41, 5.74) is 0.0463. The molecule has 0 unspecified atom stereocenters. The van der Waals surface area contributed by atoms with Gasteiger partial charge < -0.3 is 9.88 Å². The standard InChI is InChI=1S/C26H20F3N5O3S2/c1-30-23-8-20-14(10-31-23)6-15(26(35)34(20)11-13-2-3-13)24-16(27)4-5-18(25(24)29)33-39(36,37)22-9-21-19(7-17(22)28)32-12-38-21/h4-10,12-13,33H,2-3,11H2,1H3,(H,30,31).